The van der Waals surface area contributed by atoms with Crippen LogP contribution in [-0.2, 0) is 11.2 Å². The molecule has 0 saturated heterocycles. The van der Waals surface area contributed by atoms with Crippen molar-refractivity contribution in [1.82, 2.24) is 9.97 Å². The van der Waals surface area contributed by atoms with Crippen LogP contribution in [0.15, 0.2) is 6.07 Å². The molecule has 5 heteroatoms. The Morgan fingerprint density at radius 2 is 2.35 bits per heavy atom. The van der Waals surface area contributed by atoms with Crippen LogP contribution in [0.4, 0.5) is 5.82 Å². The van der Waals surface area contributed by atoms with E-state index in [-0.39, 0.29) is 6.42 Å². The number of terminal acetylenes is 1. The molecular formula is C12H16N4O. The van der Waals surface area contributed by atoms with E-state index >= 15 is 0 Å². The zero-order chi connectivity index (χ0) is 12.8. The van der Waals surface area contributed by atoms with E-state index in [1.54, 1.807) is 13.0 Å². The molecule has 0 aliphatic rings. The minimum Gasteiger partial charge on any atom is -0.368 e. The molecule has 1 atom stereocenters. The van der Waals surface area contributed by atoms with E-state index in [9.17, 15) is 4.79 Å². The molecule has 0 fully saturated rings. The number of rotatable bonds is 5. The lowest BCUT2D eigenvalue weighted by Crippen LogP contribution is -2.35. The van der Waals surface area contributed by atoms with Gasteiger partial charge in [-0.25, -0.2) is 9.97 Å². The van der Waals surface area contributed by atoms with Gasteiger partial charge in [0.1, 0.15) is 17.7 Å². The monoisotopic (exact) mass is 232 g/mol. The zero-order valence-electron chi connectivity index (χ0n) is 10.0. The lowest BCUT2D eigenvalue weighted by atomic mass is 10.2. The summed E-state index contributed by atoms with van der Waals surface area (Å²) in [5.74, 6) is 3.14. The first-order valence-corrected chi connectivity index (χ1v) is 5.40. The van der Waals surface area contributed by atoms with Gasteiger partial charge in [0, 0.05) is 18.2 Å². The fourth-order valence-electron chi connectivity index (χ4n) is 1.40. The summed E-state index contributed by atoms with van der Waals surface area (Å²) >= 11 is 0. The quantitative estimate of drug-likeness (QED) is 0.730. The molecule has 0 radical (unpaired) electrons. The standard InChI is InChI=1S/C12H16N4O/c1-4-6-10(12(13)17)16-11-7-9(5-2)14-8(3)15-11/h1,7,10H,5-6H2,2-3H3,(H2,13,17)(H,14,15,16). The molecule has 1 aromatic rings. The first kappa shape index (κ1) is 13.0. The van der Waals surface area contributed by atoms with E-state index in [1.165, 1.54) is 0 Å². The number of nitrogens with two attached hydrogens (primary N) is 1. The number of primary amides is 1. The number of carbonyl (C=O) groups is 1. The molecule has 3 N–H and O–H groups in total. The smallest absolute Gasteiger partial charge is 0.240 e. The van der Waals surface area contributed by atoms with Crippen LogP contribution in [0.1, 0.15) is 24.9 Å². The molecule has 1 unspecified atom stereocenters. The summed E-state index contributed by atoms with van der Waals surface area (Å²) in [5.41, 5.74) is 6.15. The lowest BCUT2D eigenvalue weighted by Gasteiger charge is -2.14. The molecule has 1 aromatic heterocycles. The second-order valence-corrected chi connectivity index (χ2v) is 3.65. The fraction of sp³-hybridized carbons (Fsp3) is 0.417. The first-order valence-electron chi connectivity index (χ1n) is 5.40. The van der Waals surface area contributed by atoms with Gasteiger partial charge in [0.15, 0.2) is 0 Å². The summed E-state index contributed by atoms with van der Waals surface area (Å²) in [6.45, 7) is 3.79. The topological polar surface area (TPSA) is 80.9 Å². The Balaban J connectivity index is 2.89. The summed E-state index contributed by atoms with van der Waals surface area (Å²) in [7, 11) is 0. The van der Waals surface area contributed by atoms with Gasteiger partial charge < -0.3 is 11.1 Å². The maximum atomic E-state index is 11.2. The van der Waals surface area contributed by atoms with Crippen molar-refractivity contribution in [2.45, 2.75) is 32.7 Å². The van der Waals surface area contributed by atoms with Gasteiger partial charge in [0.25, 0.3) is 0 Å². The third kappa shape index (κ3) is 3.76. The van der Waals surface area contributed by atoms with Crippen LogP contribution in [-0.4, -0.2) is 21.9 Å². The molecule has 90 valence electrons. The predicted molar refractivity (Wildman–Crippen MR) is 66.2 cm³/mol. The van der Waals surface area contributed by atoms with Crippen molar-refractivity contribution in [3.8, 4) is 12.3 Å². The number of carbonyl (C=O) groups excluding carboxylic acids is 1. The Morgan fingerprint density at radius 3 is 2.88 bits per heavy atom. The molecule has 17 heavy (non-hydrogen) atoms. The highest BCUT2D eigenvalue weighted by Gasteiger charge is 2.14. The number of hydrogen-bond donors (Lipinski definition) is 2. The van der Waals surface area contributed by atoms with E-state index in [0.717, 1.165) is 12.1 Å². The van der Waals surface area contributed by atoms with E-state index in [0.29, 0.717) is 11.6 Å². The average Bonchev–Trinajstić information content (AvgIpc) is 2.27. The molecule has 0 spiro atoms. The molecular weight excluding hydrogens is 216 g/mol. The Labute approximate surface area is 101 Å². The highest BCUT2D eigenvalue weighted by Crippen LogP contribution is 2.09. The van der Waals surface area contributed by atoms with E-state index in [4.69, 9.17) is 12.2 Å². The summed E-state index contributed by atoms with van der Waals surface area (Å²) in [5, 5.41) is 2.93. The van der Waals surface area contributed by atoms with E-state index in [2.05, 4.69) is 21.2 Å². The number of amides is 1. The van der Waals surface area contributed by atoms with Gasteiger partial charge in [-0.05, 0) is 13.3 Å². The maximum absolute atomic E-state index is 11.2. The van der Waals surface area contributed by atoms with Gasteiger partial charge >= 0.3 is 0 Å². The van der Waals surface area contributed by atoms with Crippen molar-refractivity contribution in [2.75, 3.05) is 5.32 Å². The SMILES string of the molecule is C#CCC(Nc1cc(CC)nc(C)n1)C(N)=O. The Hall–Kier alpha value is -2.09. The zero-order valence-corrected chi connectivity index (χ0v) is 10.0. The van der Waals surface area contributed by atoms with Gasteiger partial charge in [-0.3, -0.25) is 4.79 Å². The Morgan fingerprint density at radius 1 is 1.65 bits per heavy atom. The minimum atomic E-state index is -0.598. The van der Waals surface area contributed by atoms with Crippen molar-refractivity contribution in [3.05, 3.63) is 17.6 Å². The second kappa shape index (κ2) is 5.85. The largest absolute Gasteiger partial charge is 0.368 e. The normalized spacial score (nSPS) is 11.6. The number of anilines is 1. The molecule has 0 aliphatic carbocycles. The van der Waals surface area contributed by atoms with Crippen LogP contribution in [0.25, 0.3) is 0 Å². The first-order chi connectivity index (χ1) is 8.06. The molecule has 0 aromatic carbocycles. The van der Waals surface area contributed by atoms with Gasteiger partial charge in [0.2, 0.25) is 5.91 Å². The van der Waals surface area contributed by atoms with Crippen LogP contribution in [0.2, 0.25) is 0 Å². The van der Waals surface area contributed by atoms with Crippen molar-refractivity contribution in [1.29, 1.82) is 0 Å². The van der Waals surface area contributed by atoms with Crippen LogP contribution in [0, 0.1) is 19.3 Å². The molecule has 1 amide bonds. The second-order valence-electron chi connectivity index (χ2n) is 3.65. The van der Waals surface area contributed by atoms with Crippen molar-refractivity contribution < 1.29 is 4.79 Å². The third-order valence-corrected chi connectivity index (χ3v) is 2.24. The van der Waals surface area contributed by atoms with Gasteiger partial charge in [-0.1, -0.05) is 6.92 Å². The molecule has 5 nitrogen and oxygen atoms in total. The van der Waals surface area contributed by atoms with Crippen LogP contribution in [0.5, 0.6) is 0 Å². The molecule has 0 bridgehead atoms. The van der Waals surface area contributed by atoms with Gasteiger partial charge in [-0.15, -0.1) is 12.3 Å². The summed E-state index contributed by atoms with van der Waals surface area (Å²) < 4.78 is 0. The highest BCUT2D eigenvalue weighted by molar-refractivity contribution is 5.83. The Bertz CT molecular complexity index is 450. The number of nitrogens with one attached hydrogen (secondary N) is 1. The van der Waals surface area contributed by atoms with Crippen LogP contribution in [0.3, 0.4) is 0 Å². The summed E-state index contributed by atoms with van der Waals surface area (Å²) in [4.78, 5) is 19.6. The average molecular weight is 232 g/mol. The number of nitrogens with zero attached hydrogens (tertiary/aromatic N) is 2. The lowest BCUT2D eigenvalue weighted by molar-refractivity contribution is -0.118. The predicted octanol–water partition coefficient (Wildman–Crippen LogP) is 0.637. The van der Waals surface area contributed by atoms with Gasteiger partial charge in [0.05, 0.1) is 0 Å². The van der Waals surface area contributed by atoms with Crippen LogP contribution >= 0.6 is 0 Å². The molecule has 0 aliphatic heterocycles. The van der Waals surface area contributed by atoms with Gasteiger partial charge in [-0.2, -0.15) is 0 Å². The number of aromatic nitrogens is 2. The van der Waals surface area contributed by atoms with Crippen molar-refractivity contribution in [3.63, 3.8) is 0 Å². The summed E-state index contributed by atoms with van der Waals surface area (Å²) in [6.07, 6.45) is 6.21. The summed E-state index contributed by atoms with van der Waals surface area (Å²) in [6, 6.07) is 1.19. The van der Waals surface area contributed by atoms with Crippen molar-refractivity contribution in [2.24, 2.45) is 5.73 Å². The number of aryl methyl sites for hydroxylation is 2. The third-order valence-electron chi connectivity index (χ3n) is 2.24. The molecule has 0 saturated carbocycles. The highest BCUT2D eigenvalue weighted by atomic mass is 16.1. The fourth-order valence-corrected chi connectivity index (χ4v) is 1.40. The van der Waals surface area contributed by atoms with E-state index < -0.39 is 11.9 Å². The minimum absolute atomic E-state index is 0.236. The molecule has 1 heterocycles. The maximum Gasteiger partial charge on any atom is 0.240 e. The molecule has 1 rings (SSSR count). The Kier molecular flexibility index (Phi) is 4.46. The van der Waals surface area contributed by atoms with E-state index in [1.807, 2.05) is 6.92 Å². The van der Waals surface area contributed by atoms with Crippen molar-refractivity contribution >= 4 is 11.7 Å². The van der Waals surface area contributed by atoms with Crippen LogP contribution < -0.4 is 11.1 Å². The number of hydrogen-bond acceptors (Lipinski definition) is 4.